The van der Waals surface area contributed by atoms with Crippen LogP contribution in [-0.2, 0) is 9.47 Å². The van der Waals surface area contributed by atoms with Gasteiger partial charge in [-0.2, -0.15) is 0 Å². The Hall–Kier alpha value is -0.160. The smallest absolute Gasteiger partial charge is 0.0897 e. The molecule has 0 bridgehead atoms. The number of rotatable bonds is 11. The minimum Gasteiger partial charge on any atom is -0.389 e. The molecule has 0 aliphatic heterocycles. The molecule has 0 aromatic carbocycles. The molecular weight excluding hydrogens is 266 g/mol. The minimum absolute atomic E-state index is 0.360. The van der Waals surface area contributed by atoms with Gasteiger partial charge in [0.2, 0.25) is 0 Å². The molecule has 0 aromatic rings. The summed E-state index contributed by atoms with van der Waals surface area (Å²) in [5.41, 5.74) is 0. The van der Waals surface area contributed by atoms with Gasteiger partial charge in [-0.1, -0.05) is 19.8 Å². The van der Waals surface area contributed by atoms with E-state index in [4.69, 9.17) is 9.47 Å². The van der Waals surface area contributed by atoms with E-state index in [1.54, 1.807) is 0 Å². The van der Waals surface area contributed by atoms with E-state index in [-0.39, 0.29) is 0 Å². The zero-order chi connectivity index (χ0) is 14.9. The lowest BCUT2D eigenvalue weighted by atomic mass is 9.89. The van der Waals surface area contributed by atoms with E-state index in [1.165, 1.54) is 25.7 Å². The molecule has 4 heteroatoms. The monoisotopic (exact) mass is 299 g/mol. The lowest BCUT2D eigenvalue weighted by Gasteiger charge is -2.27. The van der Waals surface area contributed by atoms with Crippen LogP contribution in [0.25, 0.3) is 0 Å². The highest BCUT2D eigenvalue weighted by molar-refractivity contribution is 4.72. The molecule has 3 atom stereocenters. The molecule has 0 radical (unpaired) electrons. The Kier molecular flexibility index (Phi) is 8.01. The second-order valence-corrected chi connectivity index (χ2v) is 6.96. The van der Waals surface area contributed by atoms with Crippen molar-refractivity contribution in [1.82, 2.24) is 5.32 Å². The van der Waals surface area contributed by atoms with E-state index in [9.17, 15) is 5.11 Å². The van der Waals surface area contributed by atoms with Gasteiger partial charge in [0.1, 0.15) is 0 Å². The number of hydrogen-bond acceptors (Lipinski definition) is 4. The van der Waals surface area contributed by atoms with Gasteiger partial charge in [0, 0.05) is 19.8 Å². The average Bonchev–Trinajstić information content (AvgIpc) is 3.28. The van der Waals surface area contributed by atoms with E-state index in [0.717, 1.165) is 50.9 Å². The zero-order valence-corrected chi connectivity index (χ0v) is 13.6. The van der Waals surface area contributed by atoms with Crippen LogP contribution >= 0.6 is 0 Å². The molecule has 0 amide bonds. The van der Waals surface area contributed by atoms with Crippen molar-refractivity contribution in [3.8, 4) is 0 Å². The normalized spacial score (nSPS) is 27.7. The molecule has 2 fully saturated rings. The summed E-state index contributed by atoms with van der Waals surface area (Å²) in [5.74, 6) is 1.62. The predicted octanol–water partition coefficient (Wildman–Crippen LogP) is 2.35. The standard InChI is InChI=1S/C17H33NO3/c1-14-4-2-5-17(10-14)21-13-16(19)11-18-8-3-9-20-12-15-6-7-15/h14-19H,2-13H2,1H3. The molecule has 2 aliphatic rings. The Bertz CT molecular complexity index is 271. The fourth-order valence-corrected chi connectivity index (χ4v) is 2.94. The molecule has 2 saturated carbocycles. The summed E-state index contributed by atoms with van der Waals surface area (Å²) in [6.45, 7) is 6.04. The molecule has 4 nitrogen and oxygen atoms in total. The third kappa shape index (κ3) is 8.15. The van der Waals surface area contributed by atoms with Gasteiger partial charge in [0.15, 0.2) is 0 Å². The zero-order valence-electron chi connectivity index (χ0n) is 13.6. The molecule has 124 valence electrons. The SMILES string of the molecule is CC1CCCC(OCC(O)CNCCCOCC2CC2)C1. The van der Waals surface area contributed by atoms with Crippen molar-refractivity contribution in [3.63, 3.8) is 0 Å². The summed E-state index contributed by atoms with van der Waals surface area (Å²) < 4.78 is 11.4. The molecule has 2 rings (SSSR count). The minimum atomic E-state index is -0.394. The molecule has 3 unspecified atom stereocenters. The number of hydrogen-bond donors (Lipinski definition) is 2. The van der Waals surface area contributed by atoms with E-state index in [1.807, 2.05) is 0 Å². The summed E-state index contributed by atoms with van der Waals surface area (Å²) in [6, 6.07) is 0. The lowest BCUT2D eigenvalue weighted by Crippen LogP contribution is -2.33. The van der Waals surface area contributed by atoms with Crippen LogP contribution in [0, 0.1) is 11.8 Å². The Morgan fingerprint density at radius 3 is 2.86 bits per heavy atom. The van der Waals surface area contributed by atoms with Crippen molar-refractivity contribution < 1.29 is 14.6 Å². The summed E-state index contributed by atoms with van der Waals surface area (Å²) in [4.78, 5) is 0. The van der Waals surface area contributed by atoms with Gasteiger partial charge in [-0.3, -0.25) is 0 Å². The lowest BCUT2D eigenvalue weighted by molar-refractivity contribution is -0.0306. The maximum atomic E-state index is 9.91. The summed E-state index contributed by atoms with van der Waals surface area (Å²) in [7, 11) is 0. The van der Waals surface area contributed by atoms with Crippen LogP contribution in [0.5, 0.6) is 0 Å². The highest BCUT2D eigenvalue weighted by atomic mass is 16.5. The first-order chi connectivity index (χ1) is 10.2. The van der Waals surface area contributed by atoms with Crippen molar-refractivity contribution >= 4 is 0 Å². The van der Waals surface area contributed by atoms with Gasteiger partial charge in [-0.15, -0.1) is 0 Å². The number of nitrogens with one attached hydrogen (secondary N) is 1. The van der Waals surface area contributed by atoms with Gasteiger partial charge in [0.25, 0.3) is 0 Å². The highest BCUT2D eigenvalue weighted by Gasteiger charge is 2.21. The fourth-order valence-electron chi connectivity index (χ4n) is 2.94. The quantitative estimate of drug-likeness (QED) is 0.575. The van der Waals surface area contributed by atoms with E-state index >= 15 is 0 Å². The number of aliphatic hydroxyl groups excluding tert-OH is 1. The van der Waals surface area contributed by atoms with E-state index in [2.05, 4.69) is 12.2 Å². The molecule has 2 aliphatic carbocycles. The van der Waals surface area contributed by atoms with Gasteiger partial charge < -0.3 is 19.9 Å². The van der Waals surface area contributed by atoms with Crippen LogP contribution < -0.4 is 5.32 Å². The average molecular weight is 299 g/mol. The van der Waals surface area contributed by atoms with Crippen molar-refractivity contribution in [2.24, 2.45) is 11.8 Å². The molecule has 0 heterocycles. The largest absolute Gasteiger partial charge is 0.389 e. The topological polar surface area (TPSA) is 50.7 Å². The third-order valence-corrected chi connectivity index (χ3v) is 4.49. The summed E-state index contributed by atoms with van der Waals surface area (Å²) in [5, 5.41) is 13.2. The van der Waals surface area contributed by atoms with Gasteiger partial charge in [-0.25, -0.2) is 0 Å². The van der Waals surface area contributed by atoms with Crippen LogP contribution in [0.3, 0.4) is 0 Å². The van der Waals surface area contributed by atoms with Crippen molar-refractivity contribution in [3.05, 3.63) is 0 Å². The summed E-state index contributed by atoms with van der Waals surface area (Å²) in [6.07, 6.45) is 8.58. The van der Waals surface area contributed by atoms with Crippen LogP contribution in [0.15, 0.2) is 0 Å². The Labute approximate surface area is 129 Å². The van der Waals surface area contributed by atoms with Crippen molar-refractivity contribution in [1.29, 1.82) is 0 Å². The van der Waals surface area contributed by atoms with Crippen LogP contribution in [-0.4, -0.2) is 50.2 Å². The summed E-state index contributed by atoms with van der Waals surface area (Å²) >= 11 is 0. The fraction of sp³-hybridized carbons (Fsp3) is 1.00. The predicted molar refractivity (Wildman–Crippen MR) is 84.4 cm³/mol. The Morgan fingerprint density at radius 2 is 2.10 bits per heavy atom. The van der Waals surface area contributed by atoms with E-state index in [0.29, 0.717) is 19.3 Å². The first kappa shape index (κ1) is 17.2. The van der Waals surface area contributed by atoms with Crippen molar-refractivity contribution in [2.45, 2.75) is 64.1 Å². The highest BCUT2D eigenvalue weighted by Crippen LogP contribution is 2.28. The van der Waals surface area contributed by atoms with Crippen LogP contribution in [0.2, 0.25) is 0 Å². The number of aliphatic hydroxyl groups is 1. The molecule has 0 spiro atoms. The maximum absolute atomic E-state index is 9.91. The van der Waals surface area contributed by atoms with Crippen LogP contribution in [0.4, 0.5) is 0 Å². The third-order valence-electron chi connectivity index (χ3n) is 4.49. The van der Waals surface area contributed by atoms with Gasteiger partial charge in [-0.05, 0) is 50.5 Å². The second kappa shape index (κ2) is 9.78. The first-order valence-electron chi connectivity index (χ1n) is 8.82. The first-order valence-corrected chi connectivity index (χ1v) is 8.82. The van der Waals surface area contributed by atoms with Gasteiger partial charge in [0.05, 0.1) is 18.8 Å². The molecule has 0 aromatic heterocycles. The number of ether oxygens (including phenoxy) is 2. The second-order valence-electron chi connectivity index (χ2n) is 6.96. The van der Waals surface area contributed by atoms with Crippen molar-refractivity contribution in [2.75, 3.05) is 32.9 Å². The Morgan fingerprint density at radius 1 is 1.24 bits per heavy atom. The van der Waals surface area contributed by atoms with Gasteiger partial charge >= 0.3 is 0 Å². The maximum Gasteiger partial charge on any atom is 0.0897 e. The molecule has 2 N–H and O–H groups in total. The molecular formula is C17H33NO3. The molecule has 0 saturated heterocycles. The van der Waals surface area contributed by atoms with Crippen LogP contribution in [0.1, 0.15) is 51.9 Å². The molecule has 21 heavy (non-hydrogen) atoms. The Balaban J connectivity index is 1.37. The van der Waals surface area contributed by atoms with E-state index < -0.39 is 6.10 Å².